The van der Waals surface area contributed by atoms with E-state index in [2.05, 4.69) is 21.2 Å². The van der Waals surface area contributed by atoms with Crippen molar-refractivity contribution in [3.05, 3.63) is 88.6 Å². The van der Waals surface area contributed by atoms with Gasteiger partial charge in [0.1, 0.15) is 24.2 Å². The molecule has 0 radical (unpaired) electrons. The quantitative estimate of drug-likeness (QED) is 0.264. The zero-order valence-corrected chi connectivity index (χ0v) is 25.9. The molecule has 11 heteroatoms. The lowest BCUT2D eigenvalue weighted by Crippen LogP contribution is -2.52. The molecule has 3 aromatic carbocycles. The summed E-state index contributed by atoms with van der Waals surface area (Å²) in [5.41, 5.74) is 0.977. The van der Waals surface area contributed by atoms with E-state index in [1.165, 1.54) is 17.0 Å². The maximum atomic E-state index is 13.9. The Balaban J connectivity index is 2.02. The van der Waals surface area contributed by atoms with Crippen molar-refractivity contribution >= 4 is 43.5 Å². The number of anilines is 1. The molecular formula is C30H35BrFN3O5S. The van der Waals surface area contributed by atoms with Crippen LogP contribution in [0.3, 0.4) is 0 Å². The molecule has 2 atom stereocenters. The highest BCUT2D eigenvalue weighted by molar-refractivity contribution is 9.10. The Morgan fingerprint density at radius 2 is 1.56 bits per heavy atom. The summed E-state index contributed by atoms with van der Waals surface area (Å²) in [6, 6.07) is 17.0. The number of hydrogen-bond acceptors (Lipinski definition) is 5. The molecule has 0 unspecified atom stereocenters. The molecule has 8 nitrogen and oxygen atoms in total. The highest BCUT2D eigenvalue weighted by Crippen LogP contribution is 2.27. The predicted molar refractivity (Wildman–Crippen MR) is 161 cm³/mol. The third-order valence-corrected chi connectivity index (χ3v) is 8.87. The van der Waals surface area contributed by atoms with Crippen LogP contribution in [0.2, 0.25) is 0 Å². The molecule has 0 saturated heterocycles. The van der Waals surface area contributed by atoms with Crippen molar-refractivity contribution in [3.8, 4) is 5.75 Å². The van der Waals surface area contributed by atoms with Gasteiger partial charge in [0.25, 0.3) is 10.0 Å². The summed E-state index contributed by atoms with van der Waals surface area (Å²) in [4.78, 5) is 28.2. The fourth-order valence-electron chi connectivity index (χ4n) is 3.97. The number of sulfonamides is 1. The minimum Gasteiger partial charge on any atom is -0.494 e. The van der Waals surface area contributed by atoms with E-state index in [0.717, 1.165) is 38.6 Å². The highest BCUT2D eigenvalue weighted by atomic mass is 79.9. The fraction of sp³-hybridized carbons (Fsp3) is 0.333. The predicted octanol–water partition coefficient (Wildman–Crippen LogP) is 5.51. The highest BCUT2D eigenvalue weighted by Gasteiger charge is 2.33. The molecule has 0 heterocycles. The van der Waals surface area contributed by atoms with Crippen molar-refractivity contribution in [1.29, 1.82) is 0 Å². The molecule has 3 rings (SSSR count). The number of rotatable bonds is 13. The van der Waals surface area contributed by atoms with Crippen molar-refractivity contribution in [1.82, 2.24) is 10.2 Å². The van der Waals surface area contributed by atoms with E-state index in [0.29, 0.717) is 18.8 Å². The van der Waals surface area contributed by atoms with E-state index in [4.69, 9.17) is 4.74 Å². The van der Waals surface area contributed by atoms with Gasteiger partial charge in [-0.2, -0.15) is 0 Å². The Kier molecular flexibility index (Phi) is 11.3. The van der Waals surface area contributed by atoms with Crippen LogP contribution in [0.15, 0.2) is 82.2 Å². The van der Waals surface area contributed by atoms with Gasteiger partial charge in [0.05, 0.1) is 17.2 Å². The van der Waals surface area contributed by atoms with Gasteiger partial charge in [-0.25, -0.2) is 12.8 Å². The Labute approximate surface area is 249 Å². The summed E-state index contributed by atoms with van der Waals surface area (Å²) in [5.74, 6) is -0.985. The number of carbonyl (C=O) groups is 2. The van der Waals surface area contributed by atoms with Crippen LogP contribution < -0.4 is 14.4 Å². The number of carbonyl (C=O) groups excluding carboxylic acids is 2. The Bertz CT molecular complexity index is 1420. The second-order valence-corrected chi connectivity index (χ2v) is 12.3. The Hall–Kier alpha value is -3.44. The number of halogens is 2. The largest absolute Gasteiger partial charge is 0.494 e. The normalized spacial score (nSPS) is 12.7. The molecule has 0 aliphatic carbocycles. The molecular weight excluding hydrogens is 613 g/mol. The monoisotopic (exact) mass is 647 g/mol. The topological polar surface area (TPSA) is 96.0 Å². The maximum Gasteiger partial charge on any atom is 0.264 e. The van der Waals surface area contributed by atoms with Gasteiger partial charge in [0.2, 0.25) is 11.8 Å². The molecule has 0 aromatic heterocycles. The molecule has 0 fully saturated rings. The average Bonchev–Trinajstić information content (AvgIpc) is 2.95. The summed E-state index contributed by atoms with van der Waals surface area (Å²) in [6.07, 6.45) is 0.709. The Morgan fingerprint density at radius 3 is 2.12 bits per heavy atom. The summed E-state index contributed by atoms with van der Waals surface area (Å²) in [5, 5.41) is 2.90. The van der Waals surface area contributed by atoms with Crippen molar-refractivity contribution < 1.29 is 27.1 Å². The van der Waals surface area contributed by atoms with E-state index in [1.54, 1.807) is 19.1 Å². The van der Waals surface area contributed by atoms with Crippen LogP contribution >= 0.6 is 15.9 Å². The van der Waals surface area contributed by atoms with Gasteiger partial charge in [-0.1, -0.05) is 35.0 Å². The first kappa shape index (κ1) is 32.1. The van der Waals surface area contributed by atoms with Crippen molar-refractivity contribution in [2.24, 2.45) is 0 Å². The minimum atomic E-state index is -4.30. The first-order chi connectivity index (χ1) is 19.5. The van der Waals surface area contributed by atoms with Crippen LogP contribution in [0.25, 0.3) is 0 Å². The SMILES string of the molecule is CCOc1ccc(N(CC(=O)N(Cc2ccc(Br)cc2)[C@@H](C)C(=O)N[C@H](C)CC)S(=O)(=O)c2ccc(F)cc2)cc1. The maximum absolute atomic E-state index is 13.9. The molecule has 1 N–H and O–H groups in total. The molecule has 220 valence electrons. The van der Waals surface area contributed by atoms with Crippen LogP contribution in [-0.4, -0.2) is 50.4 Å². The van der Waals surface area contributed by atoms with E-state index in [1.807, 2.05) is 45.0 Å². The van der Waals surface area contributed by atoms with Gasteiger partial charge >= 0.3 is 0 Å². The summed E-state index contributed by atoms with van der Waals surface area (Å²) >= 11 is 3.40. The Morgan fingerprint density at radius 1 is 0.951 bits per heavy atom. The number of hydrogen-bond donors (Lipinski definition) is 1. The number of amides is 2. The minimum absolute atomic E-state index is 0.0783. The average molecular weight is 649 g/mol. The third kappa shape index (κ3) is 8.53. The molecule has 41 heavy (non-hydrogen) atoms. The van der Waals surface area contributed by atoms with Crippen LogP contribution in [-0.2, 0) is 26.2 Å². The standard InChI is InChI=1S/C30H35BrFN3O5S/c1-5-21(3)33-30(37)22(4)34(19-23-7-9-24(31)10-8-23)29(36)20-35(26-13-15-27(16-14-26)40-6-2)41(38,39)28-17-11-25(32)12-18-28/h7-18,21-22H,5-6,19-20H2,1-4H3,(H,33,37)/t21-,22+/m1/s1. The number of benzene rings is 3. The van der Waals surface area contributed by atoms with Gasteiger partial charge in [-0.05, 0) is 93.4 Å². The van der Waals surface area contributed by atoms with E-state index in [-0.39, 0.29) is 29.1 Å². The van der Waals surface area contributed by atoms with Crippen LogP contribution in [0.1, 0.15) is 39.7 Å². The van der Waals surface area contributed by atoms with Crippen molar-refractivity contribution in [3.63, 3.8) is 0 Å². The summed E-state index contributed by atoms with van der Waals surface area (Å²) in [6.45, 7) is 7.17. The second-order valence-electron chi connectivity index (χ2n) is 9.53. The first-order valence-electron chi connectivity index (χ1n) is 13.3. The van der Waals surface area contributed by atoms with Crippen molar-refractivity contribution in [2.45, 2.75) is 57.6 Å². The molecule has 0 bridgehead atoms. The van der Waals surface area contributed by atoms with Gasteiger partial charge in [-0.15, -0.1) is 0 Å². The molecule has 0 saturated carbocycles. The van der Waals surface area contributed by atoms with Gasteiger partial charge < -0.3 is 15.0 Å². The first-order valence-corrected chi connectivity index (χ1v) is 15.5. The zero-order chi connectivity index (χ0) is 30.2. The van der Waals surface area contributed by atoms with Crippen LogP contribution in [0, 0.1) is 5.82 Å². The smallest absolute Gasteiger partial charge is 0.264 e. The fourth-order valence-corrected chi connectivity index (χ4v) is 5.65. The number of nitrogens with one attached hydrogen (secondary N) is 1. The van der Waals surface area contributed by atoms with E-state index < -0.39 is 34.3 Å². The number of nitrogens with zero attached hydrogens (tertiary/aromatic N) is 2. The van der Waals surface area contributed by atoms with Gasteiger partial charge in [-0.3, -0.25) is 13.9 Å². The molecule has 0 spiro atoms. The third-order valence-electron chi connectivity index (χ3n) is 6.55. The van der Waals surface area contributed by atoms with E-state index in [9.17, 15) is 22.4 Å². The summed E-state index contributed by atoms with van der Waals surface area (Å²) in [7, 11) is -4.30. The van der Waals surface area contributed by atoms with Gasteiger partial charge in [0, 0.05) is 17.1 Å². The number of ether oxygens (including phenoxy) is 1. The lowest BCUT2D eigenvalue weighted by molar-refractivity contribution is -0.139. The molecule has 0 aliphatic heterocycles. The summed E-state index contributed by atoms with van der Waals surface area (Å²) < 4.78 is 48.6. The van der Waals surface area contributed by atoms with Gasteiger partial charge in [0.15, 0.2) is 0 Å². The zero-order valence-electron chi connectivity index (χ0n) is 23.5. The van der Waals surface area contributed by atoms with Crippen molar-refractivity contribution in [2.75, 3.05) is 17.5 Å². The second kappa shape index (κ2) is 14.5. The molecule has 2 amide bonds. The van der Waals surface area contributed by atoms with Crippen LogP contribution in [0.4, 0.5) is 10.1 Å². The van der Waals surface area contributed by atoms with Crippen LogP contribution in [0.5, 0.6) is 5.75 Å². The molecule has 0 aliphatic rings. The lowest BCUT2D eigenvalue weighted by Gasteiger charge is -2.32. The molecule has 3 aromatic rings. The lowest BCUT2D eigenvalue weighted by atomic mass is 10.1. The van der Waals surface area contributed by atoms with E-state index >= 15 is 0 Å².